The summed E-state index contributed by atoms with van der Waals surface area (Å²) in [5.74, 6) is 0. The molecule has 0 heterocycles. The highest BCUT2D eigenvalue weighted by atomic mass is 16.2. The van der Waals surface area contributed by atoms with Gasteiger partial charge in [0.15, 0.2) is 0 Å². The number of allylic oxidation sites excluding steroid dienone is 4. The summed E-state index contributed by atoms with van der Waals surface area (Å²) in [7, 11) is 0. The second-order valence-electron chi connectivity index (χ2n) is 3.86. The Balaban J connectivity index is 3.62. The Kier molecular flexibility index (Phi) is 8.65. The van der Waals surface area contributed by atoms with Crippen molar-refractivity contribution in [2.75, 3.05) is 6.61 Å². The molecule has 1 heteroatoms. The van der Waals surface area contributed by atoms with Crippen molar-refractivity contribution in [3.05, 3.63) is 23.3 Å². The Morgan fingerprint density at radius 3 is 2.29 bits per heavy atom. The number of aliphatic hydroxyl groups is 1. The molecule has 0 atom stereocenters. The third-order valence-corrected chi connectivity index (χ3v) is 2.44. The van der Waals surface area contributed by atoms with Gasteiger partial charge in [0.2, 0.25) is 0 Å². The van der Waals surface area contributed by atoms with Gasteiger partial charge in [0, 0.05) is 6.61 Å². The maximum absolute atomic E-state index is 8.62. The molecule has 0 radical (unpaired) electrons. The van der Waals surface area contributed by atoms with E-state index >= 15 is 0 Å². The van der Waals surface area contributed by atoms with Gasteiger partial charge >= 0.3 is 0 Å². The van der Waals surface area contributed by atoms with Gasteiger partial charge in [-0.2, -0.15) is 0 Å². The summed E-state index contributed by atoms with van der Waals surface area (Å²) in [5.41, 5.74) is 2.92. The lowest BCUT2D eigenvalue weighted by Crippen LogP contribution is -1.82. The smallest absolute Gasteiger partial charge is 0.0433 e. The normalized spacial score (nSPS) is 13.4. The maximum atomic E-state index is 8.62. The van der Waals surface area contributed by atoms with Crippen LogP contribution in [-0.2, 0) is 0 Å². The van der Waals surface area contributed by atoms with Gasteiger partial charge in [0.05, 0.1) is 0 Å². The SMILES string of the molecule is CC/C(C)=C/CC/C(C)=C/CCCO. The fourth-order valence-electron chi connectivity index (χ4n) is 1.23. The van der Waals surface area contributed by atoms with Crippen molar-refractivity contribution in [2.45, 2.75) is 52.9 Å². The minimum atomic E-state index is 0.304. The van der Waals surface area contributed by atoms with Crippen molar-refractivity contribution < 1.29 is 5.11 Å². The average molecular weight is 196 g/mol. The fraction of sp³-hybridized carbons (Fsp3) is 0.692. The van der Waals surface area contributed by atoms with Crippen LogP contribution in [-0.4, -0.2) is 11.7 Å². The number of hydrogen-bond donors (Lipinski definition) is 1. The van der Waals surface area contributed by atoms with Gasteiger partial charge in [-0.05, 0) is 46.0 Å². The lowest BCUT2D eigenvalue weighted by molar-refractivity contribution is 0.289. The number of aliphatic hydroxyl groups excluding tert-OH is 1. The first-order valence-corrected chi connectivity index (χ1v) is 5.62. The van der Waals surface area contributed by atoms with E-state index in [4.69, 9.17) is 5.11 Å². The molecule has 0 bridgehead atoms. The molecule has 0 aliphatic heterocycles. The highest BCUT2D eigenvalue weighted by Crippen LogP contribution is 2.09. The Morgan fingerprint density at radius 1 is 1.07 bits per heavy atom. The molecule has 1 N–H and O–H groups in total. The van der Waals surface area contributed by atoms with E-state index in [2.05, 4.69) is 32.9 Å². The van der Waals surface area contributed by atoms with E-state index < -0.39 is 0 Å². The van der Waals surface area contributed by atoms with Crippen molar-refractivity contribution in [3.8, 4) is 0 Å². The van der Waals surface area contributed by atoms with Crippen molar-refractivity contribution in [2.24, 2.45) is 0 Å². The predicted octanol–water partition coefficient (Wildman–Crippen LogP) is 3.84. The molecular weight excluding hydrogens is 172 g/mol. The van der Waals surface area contributed by atoms with Crippen LogP contribution in [0.4, 0.5) is 0 Å². The van der Waals surface area contributed by atoms with Gasteiger partial charge in [-0.15, -0.1) is 0 Å². The standard InChI is InChI=1S/C13H24O/c1-4-12(2)9-7-10-13(3)8-5-6-11-14/h8-9,14H,4-7,10-11H2,1-3H3/b12-9+,13-8+. The summed E-state index contributed by atoms with van der Waals surface area (Å²) < 4.78 is 0. The summed E-state index contributed by atoms with van der Waals surface area (Å²) in [4.78, 5) is 0. The molecule has 0 aromatic carbocycles. The van der Waals surface area contributed by atoms with Crippen LogP contribution >= 0.6 is 0 Å². The predicted molar refractivity (Wildman–Crippen MR) is 63.4 cm³/mol. The lowest BCUT2D eigenvalue weighted by Gasteiger charge is -1.99. The highest BCUT2D eigenvalue weighted by molar-refractivity contribution is 5.03. The van der Waals surface area contributed by atoms with Gasteiger partial charge < -0.3 is 5.11 Å². The van der Waals surface area contributed by atoms with Crippen LogP contribution in [0, 0.1) is 0 Å². The fourth-order valence-corrected chi connectivity index (χ4v) is 1.23. The van der Waals surface area contributed by atoms with Gasteiger partial charge in [-0.3, -0.25) is 0 Å². The molecule has 0 saturated heterocycles. The zero-order valence-electron chi connectivity index (χ0n) is 9.84. The lowest BCUT2D eigenvalue weighted by atomic mass is 10.1. The third kappa shape index (κ3) is 8.06. The van der Waals surface area contributed by atoms with Gasteiger partial charge in [0.25, 0.3) is 0 Å². The van der Waals surface area contributed by atoms with Crippen LogP contribution in [0.15, 0.2) is 23.3 Å². The molecule has 0 aromatic heterocycles. The molecule has 0 amide bonds. The Labute approximate surface area is 88.5 Å². The first-order chi connectivity index (χ1) is 6.70. The van der Waals surface area contributed by atoms with Crippen molar-refractivity contribution in [3.63, 3.8) is 0 Å². The molecule has 14 heavy (non-hydrogen) atoms. The molecule has 82 valence electrons. The van der Waals surface area contributed by atoms with E-state index in [0.717, 1.165) is 32.1 Å². The second-order valence-corrected chi connectivity index (χ2v) is 3.86. The van der Waals surface area contributed by atoms with E-state index in [1.165, 1.54) is 11.1 Å². The number of unbranched alkanes of at least 4 members (excludes halogenated alkanes) is 1. The first kappa shape index (κ1) is 13.4. The van der Waals surface area contributed by atoms with Crippen LogP contribution in [0.3, 0.4) is 0 Å². The quantitative estimate of drug-likeness (QED) is 0.484. The summed E-state index contributed by atoms with van der Waals surface area (Å²) >= 11 is 0. The summed E-state index contributed by atoms with van der Waals surface area (Å²) in [6, 6.07) is 0. The Morgan fingerprint density at radius 2 is 1.71 bits per heavy atom. The number of hydrogen-bond acceptors (Lipinski definition) is 1. The van der Waals surface area contributed by atoms with Gasteiger partial charge in [0.1, 0.15) is 0 Å². The third-order valence-electron chi connectivity index (χ3n) is 2.44. The molecule has 0 fully saturated rings. The molecule has 0 spiro atoms. The maximum Gasteiger partial charge on any atom is 0.0433 e. The van der Waals surface area contributed by atoms with Crippen LogP contribution in [0.1, 0.15) is 52.9 Å². The van der Waals surface area contributed by atoms with Crippen LogP contribution in [0.5, 0.6) is 0 Å². The first-order valence-electron chi connectivity index (χ1n) is 5.62. The molecule has 0 aromatic rings. The number of rotatable bonds is 7. The van der Waals surface area contributed by atoms with Crippen molar-refractivity contribution >= 4 is 0 Å². The van der Waals surface area contributed by atoms with Gasteiger partial charge in [-0.1, -0.05) is 30.2 Å². The van der Waals surface area contributed by atoms with E-state index in [1.807, 2.05) is 0 Å². The summed E-state index contributed by atoms with van der Waals surface area (Å²) in [6.07, 6.45) is 9.94. The molecule has 1 nitrogen and oxygen atoms in total. The summed E-state index contributed by atoms with van der Waals surface area (Å²) in [5, 5.41) is 8.62. The molecule has 0 saturated carbocycles. The van der Waals surface area contributed by atoms with Crippen LogP contribution < -0.4 is 0 Å². The zero-order valence-corrected chi connectivity index (χ0v) is 9.84. The van der Waals surface area contributed by atoms with Crippen molar-refractivity contribution in [1.82, 2.24) is 0 Å². The zero-order chi connectivity index (χ0) is 10.8. The topological polar surface area (TPSA) is 20.2 Å². The molecule has 0 aliphatic rings. The second kappa shape index (κ2) is 9.01. The summed E-state index contributed by atoms with van der Waals surface area (Å²) in [6.45, 7) is 6.85. The van der Waals surface area contributed by atoms with E-state index in [1.54, 1.807) is 0 Å². The molecule has 0 unspecified atom stereocenters. The Hall–Kier alpha value is -0.560. The van der Waals surface area contributed by atoms with Crippen molar-refractivity contribution in [1.29, 1.82) is 0 Å². The van der Waals surface area contributed by atoms with Crippen LogP contribution in [0.25, 0.3) is 0 Å². The van der Waals surface area contributed by atoms with E-state index in [0.29, 0.717) is 6.61 Å². The molecular formula is C13H24O. The highest BCUT2D eigenvalue weighted by Gasteiger charge is 1.89. The average Bonchev–Trinajstić information content (AvgIpc) is 2.18. The minimum Gasteiger partial charge on any atom is -0.396 e. The monoisotopic (exact) mass is 196 g/mol. The largest absolute Gasteiger partial charge is 0.396 e. The van der Waals surface area contributed by atoms with E-state index in [-0.39, 0.29) is 0 Å². The van der Waals surface area contributed by atoms with E-state index in [9.17, 15) is 0 Å². The Bertz CT molecular complexity index is 189. The minimum absolute atomic E-state index is 0.304. The van der Waals surface area contributed by atoms with Crippen LogP contribution in [0.2, 0.25) is 0 Å². The molecule has 0 rings (SSSR count). The molecule has 0 aliphatic carbocycles. The van der Waals surface area contributed by atoms with Gasteiger partial charge in [-0.25, -0.2) is 0 Å².